The van der Waals surface area contributed by atoms with Gasteiger partial charge in [0.15, 0.2) is 0 Å². The van der Waals surface area contributed by atoms with Crippen molar-refractivity contribution in [3.8, 4) is 0 Å². The quantitative estimate of drug-likeness (QED) is 0.582. The van der Waals surface area contributed by atoms with Crippen LogP contribution < -0.4 is 0 Å². The number of esters is 1. The van der Waals surface area contributed by atoms with Gasteiger partial charge in [-0.1, -0.05) is 55.0 Å². The molecule has 2 aromatic rings. The highest BCUT2D eigenvalue weighted by Crippen LogP contribution is 2.50. The zero-order valence-electron chi connectivity index (χ0n) is 15.3. The summed E-state index contributed by atoms with van der Waals surface area (Å²) in [6.45, 7) is 2.08. The Morgan fingerprint density at radius 2 is 1.74 bits per heavy atom. The Morgan fingerprint density at radius 1 is 1.07 bits per heavy atom. The molecule has 0 heterocycles. The third-order valence-electron chi connectivity index (χ3n) is 5.43. The third-order valence-corrected chi connectivity index (χ3v) is 5.43. The fraction of sp³-hybridized carbons (Fsp3) is 0.409. The van der Waals surface area contributed by atoms with Crippen LogP contribution in [0.4, 0.5) is 13.2 Å². The summed E-state index contributed by atoms with van der Waals surface area (Å²) in [6, 6.07) is 14.9. The number of ether oxygens (including phenoxy) is 1. The minimum Gasteiger partial charge on any atom is -0.466 e. The number of carbonyl (C=O) groups excluding carboxylic acids is 1. The molecule has 0 spiro atoms. The molecule has 144 valence electrons. The van der Waals surface area contributed by atoms with Crippen molar-refractivity contribution in [3.05, 3.63) is 71.3 Å². The first-order valence-electron chi connectivity index (χ1n) is 9.25. The van der Waals surface area contributed by atoms with E-state index in [1.54, 1.807) is 13.0 Å². The first-order chi connectivity index (χ1) is 12.9. The van der Waals surface area contributed by atoms with Crippen LogP contribution in [0.15, 0.2) is 54.6 Å². The number of hydrogen-bond donors (Lipinski definition) is 0. The van der Waals surface area contributed by atoms with Crippen molar-refractivity contribution in [1.82, 2.24) is 0 Å². The van der Waals surface area contributed by atoms with E-state index in [9.17, 15) is 18.0 Å². The molecule has 1 aliphatic carbocycles. The molecule has 1 aliphatic rings. The predicted molar refractivity (Wildman–Crippen MR) is 97.3 cm³/mol. The molecule has 2 aromatic carbocycles. The fourth-order valence-corrected chi connectivity index (χ4v) is 3.82. The summed E-state index contributed by atoms with van der Waals surface area (Å²) in [6.07, 6.45) is -1.57. The lowest BCUT2D eigenvalue weighted by Crippen LogP contribution is -2.41. The Balaban J connectivity index is 1.99. The van der Waals surface area contributed by atoms with Crippen molar-refractivity contribution >= 4 is 5.97 Å². The van der Waals surface area contributed by atoms with E-state index in [0.29, 0.717) is 31.4 Å². The molecule has 1 fully saturated rings. The van der Waals surface area contributed by atoms with Crippen LogP contribution in [-0.4, -0.2) is 12.6 Å². The van der Waals surface area contributed by atoms with Crippen LogP contribution >= 0.6 is 0 Å². The number of halogens is 3. The summed E-state index contributed by atoms with van der Waals surface area (Å²) in [5.41, 5.74) is 0.212. The minimum atomic E-state index is -4.40. The maximum atomic E-state index is 13.2. The van der Waals surface area contributed by atoms with Gasteiger partial charge in [-0.3, -0.25) is 4.79 Å². The first-order valence-corrected chi connectivity index (χ1v) is 9.25. The van der Waals surface area contributed by atoms with Crippen molar-refractivity contribution in [2.24, 2.45) is 5.41 Å². The van der Waals surface area contributed by atoms with Gasteiger partial charge in [-0.15, -0.1) is 0 Å². The Bertz CT molecular complexity index is 780. The molecule has 0 N–H and O–H groups in total. The average molecular weight is 376 g/mol. The topological polar surface area (TPSA) is 26.3 Å². The number of carbonyl (C=O) groups is 1. The van der Waals surface area contributed by atoms with E-state index in [1.807, 2.05) is 30.3 Å². The van der Waals surface area contributed by atoms with Gasteiger partial charge in [0.25, 0.3) is 0 Å². The molecule has 0 aliphatic heterocycles. The molecule has 5 heteroatoms. The molecule has 0 aromatic heterocycles. The van der Waals surface area contributed by atoms with Gasteiger partial charge >= 0.3 is 12.1 Å². The van der Waals surface area contributed by atoms with Crippen molar-refractivity contribution in [1.29, 1.82) is 0 Å². The van der Waals surface area contributed by atoms with Gasteiger partial charge in [0.2, 0.25) is 0 Å². The zero-order chi connectivity index (χ0) is 19.5. The average Bonchev–Trinajstić information content (AvgIpc) is 2.61. The van der Waals surface area contributed by atoms with Gasteiger partial charge in [0, 0.05) is 5.92 Å². The predicted octanol–water partition coefficient (Wildman–Crippen LogP) is 5.96. The van der Waals surface area contributed by atoms with E-state index in [2.05, 4.69) is 0 Å². The highest BCUT2D eigenvalue weighted by Gasteiger charge is 2.47. The SMILES string of the molecule is CCOC(=O)C1(C[C@@H](c2ccccc2)c2cccc(C(F)(F)F)c2)CCC1. The minimum absolute atomic E-state index is 0.232. The summed E-state index contributed by atoms with van der Waals surface area (Å²) < 4.78 is 44.9. The first kappa shape index (κ1) is 19.5. The van der Waals surface area contributed by atoms with E-state index in [1.165, 1.54) is 12.1 Å². The summed E-state index contributed by atoms with van der Waals surface area (Å²) in [5.74, 6) is -0.526. The molecule has 0 bridgehead atoms. The third kappa shape index (κ3) is 4.18. The Kier molecular flexibility index (Phi) is 5.59. The Labute approximate surface area is 157 Å². The summed E-state index contributed by atoms with van der Waals surface area (Å²) in [4.78, 5) is 12.6. The van der Waals surface area contributed by atoms with Crippen molar-refractivity contribution in [2.75, 3.05) is 6.61 Å². The van der Waals surface area contributed by atoms with Crippen molar-refractivity contribution < 1.29 is 22.7 Å². The van der Waals surface area contributed by atoms with Gasteiger partial charge in [-0.05, 0) is 43.4 Å². The second-order valence-corrected chi connectivity index (χ2v) is 7.14. The van der Waals surface area contributed by atoms with Crippen LogP contribution in [-0.2, 0) is 15.7 Å². The molecule has 1 saturated carbocycles. The largest absolute Gasteiger partial charge is 0.466 e. The summed E-state index contributed by atoms with van der Waals surface area (Å²) in [5, 5.41) is 0. The number of alkyl halides is 3. The molecule has 0 amide bonds. The van der Waals surface area contributed by atoms with Gasteiger partial charge in [-0.2, -0.15) is 13.2 Å². The molecular formula is C22H23F3O2. The standard InChI is InChI=1S/C22H23F3O2/c1-2-27-20(26)21(12-7-13-21)15-19(16-8-4-3-5-9-16)17-10-6-11-18(14-17)22(23,24)25/h3-6,8-11,14,19H,2,7,12-13,15H2,1H3/t19-/m0/s1. The maximum absolute atomic E-state index is 13.2. The second-order valence-electron chi connectivity index (χ2n) is 7.14. The van der Waals surface area contributed by atoms with Crippen LogP contribution in [0, 0.1) is 5.41 Å². The highest BCUT2D eigenvalue weighted by molar-refractivity contribution is 5.78. The smallest absolute Gasteiger partial charge is 0.416 e. The van der Waals surface area contributed by atoms with E-state index in [-0.39, 0.29) is 11.9 Å². The summed E-state index contributed by atoms with van der Waals surface area (Å²) >= 11 is 0. The number of hydrogen-bond acceptors (Lipinski definition) is 2. The van der Waals surface area contributed by atoms with Gasteiger partial charge < -0.3 is 4.74 Å². The molecule has 0 radical (unpaired) electrons. The van der Waals surface area contributed by atoms with Crippen molar-refractivity contribution in [3.63, 3.8) is 0 Å². The van der Waals surface area contributed by atoms with Gasteiger partial charge in [0.05, 0.1) is 17.6 Å². The molecule has 0 saturated heterocycles. The molecule has 27 heavy (non-hydrogen) atoms. The van der Waals surface area contributed by atoms with E-state index < -0.39 is 17.2 Å². The van der Waals surface area contributed by atoms with Gasteiger partial charge in [-0.25, -0.2) is 0 Å². The molecule has 3 rings (SSSR count). The fourth-order valence-electron chi connectivity index (χ4n) is 3.82. The van der Waals surface area contributed by atoms with Crippen molar-refractivity contribution in [2.45, 2.75) is 44.7 Å². The molecular weight excluding hydrogens is 353 g/mol. The molecule has 0 unspecified atom stereocenters. The van der Waals surface area contributed by atoms with Crippen LogP contribution in [0.5, 0.6) is 0 Å². The van der Waals surface area contributed by atoms with Crippen LogP contribution in [0.3, 0.4) is 0 Å². The molecule has 2 nitrogen and oxygen atoms in total. The lowest BCUT2D eigenvalue weighted by atomic mass is 9.62. The lowest BCUT2D eigenvalue weighted by Gasteiger charge is -2.41. The zero-order valence-corrected chi connectivity index (χ0v) is 15.3. The maximum Gasteiger partial charge on any atom is 0.416 e. The lowest BCUT2D eigenvalue weighted by molar-refractivity contribution is -0.162. The van der Waals surface area contributed by atoms with Crippen LogP contribution in [0.1, 0.15) is 55.2 Å². The number of rotatable bonds is 6. The monoisotopic (exact) mass is 376 g/mol. The van der Waals surface area contributed by atoms with E-state index in [4.69, 9.17) is 4.74 Å². The van der Waals surface area contributed by atoms with Crippen LogP contribution in [0.2, 0.25) is 0 Å². The summed E-state index contributed by atoms with van der Waals surface area (Å²) in [7, 11) is 0. The highest BCUT2D eigenvalue weighted by atomic mass is 19.4. The normalized spacial score (nSPS) is 17.0. The Hall–Kier alpha value is -2.30. The van der Waals surface area contributed by atoms with Gasteiger partial charge in [0.1, 0.15) is 0 Å². The van der Waals surface area contributed by atoms with E-state index >= 15 is 0 Å². The Morgan fingerprint density at radius 3 is 2.30 bits per heavy atom. The van der Waals surface area contributed by atoms with Crippen LogP contribution in [0.25, 0.3) is 0 Å². The van der Waals surface area contributed by atoms with E-state index in [0.717, 1.165) is 18.1 Å². The second kappa shape index (κ2) is 7.75. The number of benzene rings is 2. The molecule has 1 atom stereocenters.